The van der Waals surface area contributed by atoms with Crippen LogP contribution in [0.25, 0.3) is 0 Å². The molecule has 0 aliphatic rings. The maximum absolute atomic E-state index is 5.25. The number of nitrogens with one attached hydrogen (secondary N) is 2. The molecule has 2 nitrogen and oxygen atoms in total. The molecule has 88 valence electrons. The first kappa shape index (κ1) is 13.0. The summed E-state index contributed by atoms with van der Waals surface area (Å²) in [4.78, 5) is 0. The van der Waals surface area contributed by atoms with Crippen molar-refractivity contribution >= 4 is 17.3 Å². The molecule has 0 heterocycles. The fraction of sp³-hybridized carbons (Fsp3) is 0.462. The van der Waals surface area contributed by atoms with Crippen molar-refractivity contribution in [1.82, 2.24) is 10.6 Å². The van der Waals surface area contributed by atoms with Gasteiger partial charge in [0.15, 0.2) is 5.11 Å². The van der Waals surface area contributed by atoms with E-state index in [0.717, 1.165) is 11.5 Å². The Hall–Kier alpha value is -1.09. The molecular weight excluding hydrogens is 216 g/mol. The van der Waals surface area contributed by atoms with Gasteiger partial charge in [0, 0.05) is 6.04 Å². The van der Waals surface area contributed by atoms with Gasteiger partial charge in [0.1, 0.15) is 0 Å². The summed E-state index contributed by atoms with van der Waals surface area (Å²) in [5.74, 6) is 0. The van der Waals surface area contributed by atoms with Crippen molar-refractivity contribution < 1.29 is 0 Å². The van der Waals surface area contributed by atoms with Gasteiger partial charge in [0.25, 0.3) is 0 Å². The molecule has 16 heavy (non-hydrogen) atoms. The lowest BCUT2D eigenvalue weighted by molar-refractivity contribution is 0.615. The van der Waals surface area contributed by atoms with Gasteiger partial charge in [-0.25, -0.2) is 0 Å². The number of hydrogen-bond donors (Lipinski definition) is 2. The van der Waals surface area contributed by atoms with Crippen molar-refractivity contribution in [3.05, 3.63) is 35.9 Å². The summed E-state index contributed by atoms with van der Waals surface area (Å²) >= 11 is 5.25. The van der Waals surface area contributed by atoms with E-state index in [-0.39, 0.29) is 6.04 Å². The normalized spacial score (nSPS) is 13.9. The van der Waals surface area contributed by atoms with Crippen molar-refractivity contribution in [3.63, 3.8) is 0 Å². The van der Waals surface area contributed by atoms with E-state index < -0.39 is 0 Å². The summed E-state index contributed by atoms with van der Waals surface area (Å²) in [7, 11) is 0. The highest BCUT2D eigenvalue weighted by atomic mass is 32.1. The van der Waals surface area contributed by atoms with Gasteiger partial charge < -0.3 is 10.6 Å². The van der Waals surface area contributed by atoms with Crippen LogP contribution >= 0.6 is 12.2 Å². The van der Waals surface area contributed by atoms with Crippen LogP contribution in [0.15, 0.2) is 30.3 Å². The number of hydrogen-bond acceptors (Lipinski definition) is 1. The molecule has 0 aliphatic carbocycles. The largest absolute Gasteiger partial charge is 0.360 e. The maximum Gasteiger partial charge on any atom is 0.166 e. The topological polar surface area (TPSA) is 24.1 Å². The van der Waals surface area contributed by atoms with Crippen molar-refractivity contribution in [2.45, 2.75) is 39.3 Å². The third-order valence-corrected chi connectivity index (χ3v) is 2.87. The molecule has 0 saturated carbocycles. The molecule has 2 N–H and O–H groups in total. The summed E-state index contributed by atoms with van der Waals surface area (Å²) in [6, 6.07) is 11.0. The standard InChI is InChI=1S/C13H20N2S/c1-4-10(2)14-13(16)15-11(3)12-8-6-5-7-9-12/h5-11H,4H2,1-3H3,(H2,14,15,16)/t10-,11+/m1/s1. The number of benzene rings is 1. The minimum Gasteiger partial charge on any atom is -0.360 e. The molecule has 0 aliphatic heterocycles. The molecule has 0 aromatic heterocycles. The van der Waals surface area contributed by atoms with Crippen LogP contribution in [-0.2, 0) is 0 Å². The van der Waals surface area contributed by atoms with Gasteiger partial charge in [-0.1, -0.05) is 37.3 Å². The van der Waals surface area contributed by atoms with E-state index in [1.807, 2.05) is 18.2 Å². The van der Waals surface area contributed by atoms with Gasteiger partial charge >= 0.3 is 0 Å². The van der Waals surface area contributed by atoms with Gasteiger partial charge in [-0.15, -0.1) is 0 Å². The molecule has 0 bridgehead atoms. The van der Waals surface area contributed by atoms with Crippen LogP contribution in [0, 0.1) is 0 Å². The SMILES string of the molecule is CC[C@@H](C)NC(=S)N[C@@H](C)c1ccccc1. The van der Waals surface area contributed by atoms with Crippen molar-refractivity contribution in [3.8, 4) is 0 Å². The highest BCUT2D eigenvalue weighted by Crippen LogP contribution is 2.10. The van der Waals surface area contributed by atoms with E-state index in [1.165, 1.54) is 5.56 Å². The smallest absolute Gasteiger partial charge is 0.166 e. The maximum atomic E-state index is 5.25. The van der Waals surface area contributed by atoms with Crippen molar-refractivity contribution in [1.29, 1.82) is 0 Å². The van der Waals surface area contributed by atoms with Crippen LogP contribution in [0.5, 0.6) is 0 Å². The molecule has 2 atom stereocenters. The minimum atomic E-state index is 0.241. The van der Waals surface area contributed by atoms with Gasteiger partial charge in [-0.05, 0) is 38.0 Å². The molecule has 1 aromatic rings. The van der Waals surface area contributed by atoms with Crippen LogP contribution in [0.1, 0.15) is 38.8 Å². The second kappa shape index (κ2) is 6.48. The molecule has 1 rings (SSSR count). The molecule has 0 fully saturated rings. The number of thiocarbonyl (C=S) groups is 1. The first-order valence-electron chi connectivity index (χ1n) is 5.75. The summed E-state index contributed by atoms with van der Waals surface area (Å²) < 4.78 is 0. The Morgan fingerprint density at radius 2 is 1.81 bits per heavy atom. The summed E-state index contributed by atoms with van der Waals surface area (Å²) in [5.41, 5.74) is 1.25. The fourth-order valence-electron chi connectivity index (χ4n) is 1.39. The van der Waals surface area contributed by atoms with Crippen LogP contribution in [0.3, 0.4) is 0 Å². The van der Waals surface area contributed by atoms with E-state index in [4.69, 9.17) is 12.2 Å². The van der Waals surface area contributed by atoms with E-state index in [1.54, 1.807) is 0 Å². The van der Waals surface area contributed by atoms with Crippen LogP contribution in [0.4, 0.5) is 0 Å². The third kappa shape index (κ3) is 4.19. The zero-order chi connectivity index (χ0) is 12.0. The van der Waals surface area contributed by atoms with E-state index in [2.05, 4.69) is 43.5 Å². The quantitative estimate of drug-likeness (QED) is 0.786. The Kier molecular flexibility index (Phi) is 5.26. The van der Waals surface area contributed by atoms with Crippen LogP contribution < -0.4 is 10.6 Å². The highest BCUT2D eigenvalue weighted by molar-refractivity contribution is 7.80. The molecule has 1 aromatic carbocycles. The highest BCUT2D eigenvalue weighted by Gasteiger charge is 2.07. The average molecular weight is 236 g/mol. The number of rotatable bonds is 4. The van der Waals surface area contributed by atoms with Gasteiger partial charge in [-0.2, -0.15) is 0 Å². The summed E-state index contributed by atoms with van der Waals surface area (Å²) in [6.07, 6.45) is 1.07. The molecular formula is C13H20N2S. The Labute approximate surface area is 103 Å². The Bertz CT molecular complexity index is 324. The second-order valence-electron chi connectivity index (χ2n) is 4.06. The van der Waals surface area contributed by atoms with E-state index in [9.17, 15) is 0 Å². The van der Waals surface area contributed by atoms with E-state index in [0.29, 0.717) is 6.04 Å². The molecule has 0 radical (unpaired) electrons. The Morgan fingerprint density at radius 3 is 2.38 bits per heavy atom. The molecule has 0 spiro atoms. The first-order chi connectivity index (χ1) is 7.63. The average Bonchev–Trinajstić information content (AvgIpc) is 2.29. The van der Waals surface area contributed by atoms with Gasteiger partial charge in [0.05, 0.1) is 6.04 Å². The fourth-order valence-corrected chi connectivity index (χ4v) is 1.77. The molecule has 0 saturated heterocycles. The van der Waals surface area contributed by atoms with E-state index >= 15 is 0 Å². The van der Waals surface area contributed by atoms with Gasteiger partial charge in [0.2, 0.25) is 0 Å². The second-order valence-corrected chi connectivity index (χ2v) is 4.47. The monoisotopic (exact) mass is 236 g/mol. The first-order valence-corrected chi connectivity index (χ1v) is 6.16. The van der Waals surface area contributed by atoms with Crippen LogP contribution in [-0.4, -0.2) is 11.2 Å². The summed E-state index contributed by atoms with van der Waals surface area (Å²) in [6.45, 7) is 6.38. The van der Waals surface area contributed by atoms with Crippen LogP contribution in [0.2, 0.25) is 0 Å². The predicted octanol–water partition coefficient (Wildman–Crippen LogP) is 3.01. The third-order valence-electron chi connectivity index (χ3n) is 2.64. The minimum absolute atomic E-state index is 0.241. The Balaban J connectivity index is 2.46. The molecule has 0 amide bonds. The zero-order valence-electron chi connectivity index (χ0n) is 10.2. The van der Waals surface area contributed by atoms with Crippen molar-refractivity contribution in [2.24, 2.45) is 0 Å². The van der Waals surface area contributed by atoms with Gasteiger partial charge in [-0.3, -0.25) is 0 Å². The predicted molar refractivity (Wildman–Crippen MR) is 73.5 cm³/mol. The zero-order valence-corrected chi connectivity index (χ0v) is 11.0. The lowest BCUT2D eigenvalue weighted by Crippen LogP contribution is -2.41. The molecule has 3 heteroatoms. The van der Waals surface area contributed by atoms with Crippen molar-refractivity contribution in [2.75, 3.05) is 0 Å². The summed E-state index contributed by atoms with van der Waals surface area (Å²) in [5, 5.41) is 7.26. The lowest BCUT2D eigenvalue weighted by atomic mass is 10.1. The lowest BCUT2D eigenvalue weighted by Gasteiger charge is -2.20. The Morgan fingerprint density at radius 1 is 1.19 bits per heavy atom. The molecule has 0 unspecified atom stereocenters.